The third-order valence-electron chi connectivity index (χ3n) is 5.24. The summed E-state index contributed by atoms with van der Waals surface area (Å²) in [5.41, 5.74) is 2.36. The zero-order chi connectivity index (χ0) is 24.3. The molecule has 0 unspecified atom stereocenters. The van der Waals surface area contributed by atoms with Crippen LogP contribution >= 0.6 is 0 Å². The first-order valence-electron chi connectivity index (χ1n) is 10.4. The zero-order valence-electron chi connectivity index (χ0n) is 17.9. The maximum atomic E-state index is 12.7. The molecular weight excluding hydrogens is 478 g/mol. The van der Waals surface area contributed by atoms with Gasteiger partial charge in [0.1, 0.15) is 11.4 Å². The first kappa shape index (κ1) is 23.6. The molecule has 0 fully saturated rings. The summed E-state index contributed by atoms with van der Waals surface area (Å²) in [5.74, 6) is -0.854. The van der Waals surface area contributed by atoms with Gasteiger partial charge < -0.3 is 10.2 Å². The number of hydrogen-bond acceptors (Lipinski definition) is 6. The number of aryl methyl sites for hydroxylation is 1. The molecule has 1 aliphatic rings. The fraction of sp³-hybridized carbons (Fsp3) is 0.130. The van der Waals surface area contributed by atoms with E-state index in [0.29, 0.717) is 12.0 Å². The molecule has 0 radical (unpaired) electrons. The number of aliphatic hydroxyl groups excluding tert-OH is 1. The summed E-state index contributed by atoms with van der Waals surface area (Å²) >= 11 is 0. The molecule has 3 aromatic carbocycles. The molecule has 0 saturated heterocycles. The van der Waals surface area contributed by atoms with Gasteiger partial charge in [-0.15, -0.1) is 0 Å². The second-order valence-electron chi connectivity index (χ2n) is 7.59. The Kier molecular flexibility index (Phi) is 6.51. The van der Waals surface area contributed by atoms with Gasteiger partial charge in [-0.3, -0.25) is 0 Å². The van der Waals surface area contributed by atoms with E-state index in [-0.39, 0.29) is 29.3 Å². The van der Waals surface area contributed by atoms with E-state index in [1.165, 1.54) is 6.07 Å². The Morgan fingerprint density at radius 3 is 2.21 bits per heavy atom. The number of nitrogens with one attached hydrogen (secondary N) is 2. The molecule has 11 heteroatoms. The van der Waals surface area contributed by atoms with Crippen molar-refractivity contribution in [3.63, 3.8) is 0 Å². The number of aromatic hydroxyl groups is 1. The van der Waals surface area contributed by atoms with Crippen LogP contribution in [0, 0.1) is 0 Å². The summed E-state index contributed by atoms with van der Waals surface area (Å²) in [7, 11) is -7.81. The van der Waals surface area contributed by atoms with Gasteiger partial charge in [-0.2, -0.15) is 8.42 Å². The van der Waals surface area contributed by atoms with E-state index < -0.39 is 26.1 Å². The summed E-state index contributed by atoms with van der Waals surface area (Å²) in [6, 6.07) is 20.7. The van der Waals surface area contributed by atoms with E-state index in [9.17, 15) is 27.0 Å². The number of aliphatic hydroxyl groups is 1. The van der Waals surface area contributed by atoms with Gasteiger partial charge in [-0.25, -0.2) is 22.2 Å². The van der Waals surface area contributed by atoms with Crippen LogP contribution in [0.3, 0.4) is 0 Å². The lowest BCUT2D eigenvalue weighted by atomic mass is 10.1. The Balaban J connectivity index is 1.42. The van der Waals surface area contributed by atoms with Crippen molar-refractivity contribution in [2.75, 3.05) is 10.8 Å². The number of nitrogens with zero attached hydrogens (tertiary/aromatic N) is 1. The number of benzene rings is 3. The number of anilines is 1. The summed E-state index contributed by atoms with van der Waals surface area (Å²) in [6.07, 6.45) is 1.57. The summed E-state index contributed by atoms with van der Waals surface area (Å²) in [4.78, 5) is 0.139. The number of hydrogen-bond donors (Lipinski definition) is 4. The summed E-state index contributed by atoms with van der Waals surface area (Å²) in [6.45, 7) is 0.101. The lowest BCUT2D eigenvalue weighted by Crippen LogP contribution is -2.30. The lowest BCUT2D eigenvalue weighted by molar-refractivity contribution is 0.392. The van der Waals surface area contributed by atoms with Crippen LogP contribution < -0.4 is 13.7 Å². The smallest absolute Gasteiger partial charge is 0.330 e. The van der Waals surface area contributed by atoms with E-state index in [4.69, 9.17) is 0 Å². The van der Waals surface area contributed by atoms with Crippen molar-refractivity contribution >= 4 is 25.9 Å². The normalized spacial score (nSPS) is 15.1. The van der Waals surface area contributed by atoms with Crippen LogP contribution in [0.1, 0.15) is 12.0 Å². The van der Waals surface area contributed by atoms with Crippen LogP contribution in [0.5, 0.6) is 5.75 Å². The predicted octanol–water partition coefficient (Wildman–Crippen LogP) is 2.98. The van der Waals surface area contributed by atoms with Gasteiger partial charge >= 0.3 is 10.2 Å². The molecular formula is C23H23N3O6S2. The van der Waals surface area contributed by atoms with Crippen molar-refractivity contribution in [2.45, 2.75) is 17.7 Å². The Hall–Kier alpha value is -3.54. The number of phenols is 1. The quantitative estimate of drug-likeness (QED) is 0.351. The largest absolute Gasteiger partial charge is 0.506 e. The van der Waals surface area contributed by atoms with Gasteiger partial charge in [0, 0.05) is 6.54 Å². The molecule has 0 atom stereocenters. The Morgan fingerprint density at radius 1 is 0.882 bits per heavy atom. The average Bonchev–Trinajstić information content (AvgIpc) is 3.09. The zero-order valence-corrected chi connectivity index (χ0v) is 19.6. The number of para-hydroxylation sites is 1. The summed E-state index contributed by atoms with van der Waals surface area (Å²) < 4.78 is 55.0. The van der Waals surface area contributed by atoms with Crippen molar-refractivity contribution in [1.29, 1.82) is 0 Å². The highest BCUT2D eigenvalue weighted by Gasteiger charge is 2.32. The standard InChI is InChI=1S/C23H23N3O6S2/c27-21-10-4-8-19(23(21)26-16-22(28)25-34(26,31)32)9-5-15-24-33(29,30)20-13-11-18(12-14-20)17-6-2-1-3-7-17/h1-4,6-8,10-14,16,24-25,27-28H,5,9,15H2. The minimum Gasteiger partial charge on any atom is -0.506 e. The Morgan fingerprint density at radius 2 is 1.56 bits per heavy atom. The number of rotatable bonds is 8. The van der Waals surface area contributed by atoms with Crippen LogP contribution in [0.25, 0.3) is 11.1 Å². The fourth-order valence-electron chi connectivity index (χ4n) is 3.63. The SMILES string of the molecule is O=S(=O)(NCCCc1cccc(O)c1N1C=C(O)NS1(=O)=O)c1ccc(-c2ccccc2)cc1. The molecule has 0 amide bonds. The van der Waals surface area contributed by atoms with Crippen molar-refractivity contribution in [1.82, 2.24) is 9.44 Å². The van der Waals surface area contributed by atoms with E-state index in [2.05, 4.69) is 4.72 Å². The minimum atomic E-state index is -4.08. The summed E-state index contributed by atoms with van der Waals surface area (Å²) in [5, 5.41) is 19.8. The highest BCUT2D eigenvalue weighted by molar-refractivity contribution is 7.91. The van der Waals surface area contributed by atoms with Crippen LogP contribution in [0.15, 0.2) is 89.8 Å². The van der Waals surface area contributed by atoms with Gasteiger partial charge in [-0.1, -0.05) is 54.6 Å². The second-order valence-corrected chi connectivity index (χ2v) is 10.9. The van der Waals surface area contributed by atoms with Crippen molar-refractivity contribution in [2.24, 2.45) is 0 Å². The van der Waals surface area contributed by atoms with Gasteiger partial charge in [0.15, 0.2) is 0 Å². The molecule has 0 saturated carbocycles. The van der Waals surface area contributed by atoms with Crippen LogP contribution in [-0.2, 0) is 26.7 Å². The van der Waals surface area contributed by atoms with Gasteiger partial charge in [0.2, 0.25) is 15.9 Å². The first-order chi connectivity index (χ1) is 16.2. The lowest BCUT2D eigenvalue weighted by Gasteiger charge is -2.19. The van der Waals surface area contributed by atoms with E-state index in [1.54, 1.807) is 36.4 Å². The topological polar surface area (TPSA) is 136 Å². The molecule has 34 heavy (non-hydrogen) atoms. The monoisotopic (exact) mass is 501 g/mol. The highest BCUT2D eigenvalue weighted by Crippen LogP contribution is 2.35. The molecule has 0 aliphatic carbocycles. The Labute approximate surface area is 198 Å². The van der Waals surface area contributed by atoms with Crippen LogP contribution in [0.4, 0.5) is 5.69 Å². The minimum absolute atomic E-state index is 0.00147. The number of phenolic OH excluding ortho intramolecular Hbond substituents is 1. The maximum Gasteiger partial charge on any atom is 0.330 e. The number of sulfonamides is 1. The van der Waals surface area contributed by atoms with Crippen LogP contribution in [0.2, 0.25) is 0 Å². The van der Waals surface area contributed by atoms with E-state index in [0.717, 1.165) is 21.6 Å². The molecule has 1 aliphatic heterocycles. The molecule has 178 valence electrons. The van der Waals surface area contributed by atoms with Crippen molar-refractivity contribution in [3.8, 4) is 16.9 Å². The van der Waals surface area contributed by atoms with Crippen LogP contribution in [-0.4, -0.2) is 33.6 Å². The van der Waals surface area contributed by atoms with Crippen molar-refractivity contribution in [3.05, 3.63) is 90.4 Å². The fourth-order valence-corrected chi connectivity index (χ4v) is 5.81. The molecule has 0 bridgehead atoms. The highest BCUT2D eigenvalue weighted by atomic mass is 32.2. The Bertz CT molecular complexity index is 1420. The van der Waals surface area contributed by atoms with E-state index in [1.807, 2.05) is 35.1 Å². The first-order valence-corrected chi connectivity index (χ1v) is 13.3. The van der Waals surface area contributed by atoms with E-state index >= 15 is 0 Å². The molecule has 9 nitrogen and oxygen atoms in total. The second kappa shape index (κ2) is 9.37. The van der Waals surface area contributed by atoms with Gasteiger partial charge in [0.05, 0.1) is 11.1 Å². The third-order valence-corrected chi connectivity index (χ3v) is 7.99. The van der Waals surface area contributed by atoms with Gasteiger partial charge in [-0.05, 0) is 47.7 Å². The predicted molar refractivity (Wildman–Crippen MR) is 129 cm³/mol. The molecule has 4 rings (SSSR count). The molecule has 0 aromatic heterocycles. The molecule has 1 heterocycles. The third kappa shape index (κ3) is 5.01. The average molecular weight is 502 g/mol. The molecule has 0 spiro atoms. The molecule has 3 aromatic rings. The van der Waals surface area contributed by atoms with Gasteiger partial charge in [0.25, 0.3) is 0 Å². The van der Waals surface area contributed by atoms with Crippen molar-refractivity contribution < 1.29 is 27.0 Å². The molecule has 4 N–H and O–H groups in total. The maximum absolute atomic E-state index is 12.7.